The first-order chi connectivity index (χ1) is 12.8. The summed E-state index contributed by atoms with van der Waals surface area (Å²) in [5.74, 6) is -3.21. The number of hydrogen-bond donors (Lipinski definition) is 1. The average molecular weight is 397 g/mol. The zero-order valence-corrected chi connectivity index (χ0v) is 15.5. The van der Waals surface area contributed by atoms with Crippen molar-refractivity contribution in [2.75, 3.05) is 31.1 Å². The van der Waals surface area contributed by atoms with Gasteiger partial charge in [0.05, 0.1) is 18.3 Å². The van der Waals surface area contributed by atoms with Crippen molar-refractivity contribution in [1.82, 2.24) is 15.1 Å². The Kier molecular flexibility index (Phi) is 5.46. The summed E-state index contributed by atoms with van der Waals surface area (Å²) in [5.41, 5.74) is 0.255. The largest absolute Gasteiger partial charge is 0.365 e. The highest BCUT2D eigenvalue weighted by Gasteiger charge is 2.29. The molecule has 9 heteroatoms. The van der Waals surface area contributed by atoms with Crippen LogP contribution in [0, 0.1) is 0 Å². The number of amides is 1. The molecule has 1 aliphatic heterocycles. The van der Waals surface area contributed by atoms with E-state index in [4.69, 9.17) is 11.6 Å². The predicted octanol–water partition coefficient (Wildman–Crippen LogP) is 2.43. The molecule has 0 radical (unpaired) electrons. The van der Waals surface area contributed by atoms with Crippen LogP contribution >= 0.6 is 11.6 Å². The van der Waals surface area contributed by atoms with Crippen LogP contribution in [-0.4, -0.2) is 47.2 Å². The lowest BCUT2D eigenvalue weighted by Gasteiger charge is -2.36. The number of rotatable bonds is 4. The van der Waals surface area contributed by atoms with Crippen LogP contribution in [0.25, 0.3) is 0 Å². The molecule has 0 spiro atoms. The molecule has 0 atom stereocenters. The molecular formula is C18H19ClF2N4O2. The quantitative estimate of drug-likeness (QED) is 0.861. The van der Waals surface area contributed by atoms with Crippen LogP contribution in [0.1, 0.15) is 18.1 Å². The molecule has 2 heterocycles. The second-order valence-electron chi connectivity index (χ2n) is 6.49. The Morgan fingerprint density at radius 2 is 1.93 bits per heavy atom. The van der Waals surface area contributed by atoms with Gasteiger partial charge in [-0.25, -0.2) is 13.9 Å². The van der Waals surface area contributed by atoms with Gasteiger partial charge in [0.2, 0.25) is 5.91 Å². The number of aromatic amines is 1. The molecule has 144 valence electrons. The SMILES string of the molecule is CC(F)(F)c1ccccc1CC(=O)N1CCN(c2cn[nH]c(=O)c2Cl)CC1. The lowest BCUT2D eigenvalue weighted by Crippen LogP contribution is -2.49. The van der Waals surface area contributed by atoms with Crippen molar-refractivity contribution in [3.8, 4) is 0 Å². The lowest BCUT2D eigenvalue weighted by molar-refractivity contribution is -0.130. The van der Waals surface area contributed by atoms with Crippen molar-refractivity contribution in [2.24, 2.45) is 0 Å². The van der Waals surface area contributed by atoms with E-state index in [9.17, 15) is 18.4 Å². The van der Waals surface area contributed by atoms with Crippen molar-refractivity contribution in [3.63, 3.8) is 0 Å². The van der Waals surface area contributed by atoms with Crippen LogP contribution in [0.2, 0.25) is 5.02 Å². The Morgan fingerprint density at radius 1 is 1.26 bits per heavy atom. The number of halogens is 3. The highest BCUT2D eigenvalue weighted by molar-refractivity contribution is 6.33. The first-order valence-corrected chi connectivity index (χ1v) is 8.87. The molecule has 0 unspecified atom stereocenters. The first kappa shape index (κ1) is 19.3. The van der Waals surface area contributed by atoms with Gasteiger partial charge in [-0.3, -0.25) is 9.59 Å². The highest BCUT2D eigenvalue weighted by Crippen LogP contribution is 2.30. The van der Waals surface area contributed by atoms with Gasteiger partial charge in [0.25, 0.3) is 11.5 Å². The predicted molar refractivity (Wildman–Crippen MR) is 98.4 cm³/mol. The molecule has 3 rings (SSSR count). The van der Waals surface area contributed by atoms with Gasteiger partial charge in [-0.2, -0.15) is 5.10 Å². The topological polar surface area (TPSA) is 69.3 Å². The van der Waals surface area contributed by atoms with E-state index in [0.717, 1.165) is 6.92 Å². The summed E-state index contributed by atoms with van der Waals surface area (Å²) in [4.78, 5) is 27.7. The molecule has 1 fully saturated rings. The Morgan fingerprint density at radius 3 is 2.59 bits per heavy atom. The third kappa shape index (κ3) is 4.27. The van der Waals surface area contributed by atoms with E-state index in [0.29, 0.717) is 37.4 Å². The Labute approximate surface area is 159 Å². The number of alkyl halides is 2. The minimum absolute atomic E-state index is 0.0591. The van der Waals surface area contributed by atoms with Gasteiger partial charge in [-0.1, -0.05) is 35.9 Å². The van der Waals surface area contributed by atoms with Crippen molar-refractivity contribution in [2.45, 2.75) is 19.3 Å². The van der Waals surface area contributed by atoms with Gasteiger partial charge in [-0.05, 0) is 5.56 Å². The molecule has 1 aromatic heterocycles. The molecule has 0 aliphatic carbocycles. The maximum Gasteiger partial charge on any atom is 0.285 e. The summed E-state index contributed by atoms with van der Waals surface area (Å²) in [6.07, 6.45) is 1.40. The second kappa shape index (κ2) is 7.64. The number of H-pyrrole nitrogens is 1. The van der Waals surface area contributed by atoms with Crippen molar-refractivity contribution < 1.29 is 13.6 Å². The third-order valence-corrected chi connectivity index (χ3v) is 4.95. The zero-order valence-electron chi connectivity index (χ0n) is 14.7. The van der Waals surface area contributed by atoms with Gasteiger partial charge in [0.1, 0.15) is 5.02 Å². The molecule has 1 N–H and O–H groups in total. The molecular weight excluding hydrogens is 378 g/mol. The molecule has 1 amide bonds. The second-order valence-corrected chi connectivity index (χ2v) is 6.87. The fraction of sp³-hybridized carbons (Fsp3) is 0.389. The van der Waals surface area contributed by atoms with Crippen LogP contribution in [0.3, 0.4) is 0 Å². The number of carbonyl (C=O) groups is 1. The Bertz CT molecular complexity index is 889. The average Bonchev–Trinajstić information content (AvgIpc) is 2.64. The van der Waals surface area contributed by atoms with E-state index in [2.05, 4.69) is 10.2 Å². The number of benzene rings is 1. The van der Waals surface area contributed by atoms with Crippen molar-refractivity contribution in [3.05, 3.63) is 57.0 Å². The maximum absolute atomic E-state index is 13.7. The molecule has 0 bridgehead atoms. The summed E-state index contributed by atoms with van der Waals surface area (Å²) in [6, 6.07) is 6.10. The van der Waals surface area contributed by atoms with Crippen molar-refractivity contribution in [1.29, 1.82) is 0 Å². The number of piperazine rings is 1. The van der Waals surface area contributed by atoms with Crippen LogP contribution < -0.4 is 10.5 Å². The van der Waals surface area contributed by atoms with E-state index >= 15 is 0 Å². The van der Waals surface area contributed by atoms with Gasteiger partial charge < -0.3 is 9.80 Å². The van der Waals surface area contributed by atoms with Crippen LogP contribution in [0.4, 0.5) is 14.5 Å². The zero-order chi connectivity index (χ0) is 19.6. The molecule has 2 aromatic rings. The summed E-state index contributed by atoms with van der Waals surface area (Å²) >= 11 is 6.02. The van der Waals surface area contributed by atoms with Crippen molar-refractivity contribution >= 4 is 23.2 Å². The number of anilines is 1. The number of nitrogens with one attached hydrogen (secondary N) is 1. The maximum atomic E-state index is 13.7. The standard InChI is InChI=1S/C18H19ClF2N4O2/c1-18(20,21)13-5-3-2-4-12(13)10-15(26)25-8-6-24(7-9-25)14-11-22-23-17(27)16(14)19/h2-5,11H,6-10H2,1H3,(H,23,27). The number of nitrogens with zero attached hydrogens (tertiary/aromatic N) is 3. The minimum atomic E-state index is -3.00. The number of aromatic nitrogens is 2. The smallest absolute Gasteiger partial charge is 0.285 e. The summed E-state index contributed by atoms with van der Waals surface area (Å²) in [7, 11) is 0. The van der Waals surface area contributed by atoms with E-state index in [1.54, 1.807) is 23.1 Å². The van der Waals surface area contributed by atoms with E-state index < -0.39 is 11.5 Å². The van der Waals surface area contributed by atoms with Gasteiger partial charge >= 0.3 is 0 Å². The Balaban J connectivity index is 1.66. The van der Waals surface area contributed by atoms with Crippen LogP contribution in [0.5, 0.6) is 0 Å². The van der Waals surface area contributed by atoms with E-state index in [-0.39, 0.29) is 22.9 Å². The lowest BCUT2D eigenvalue weighted by atomic mass is 9.99. The summed E-state index contributed by atoms with van der Waals surface area (Å²) < 4.78 is 27.5. The third-order valence-electron chi connectivity index (χ3n) is 4.58. The van der Waals surface area contributed by atoms with E-state index in [1.807, 2.05) is 4.90 Å². The fourth-order valence-electron chi connectivity index (χ4n) is 3.17. The molecule has 0 saturated carbocycles. The number of hydrogen-bond acceptors (Lipinski definition) is 4. The highest BCUT2D eigenvalue weighted by atomic mass is 35.5. The molecule has 1 saturated heterocycles. The van der Waals surface area contributed by atoms with Crippen LogP contribution in [-0.2, 0) is 17.1 Å². The molecule has 1 aliphatic rings. The van der Waals surface area contributed by atoms with E-state index in [1.165, 1.54) is 12.3 Å². The van der Waals surface area contributed by atoms with Crippen LogP contribution in [0.15, 0.2) is 35.3 Å². The molecule has 1 aromatic carbocycles. The minimum Gasteiger partial charge on any atom is -0.365 e. The normalized spacial score (nSPS) is 15.1. The summed E-state index contributed by atoms with van der Waals surface area (Å²) in [6.45, 7) is 2.60. The van der Waals surface area contributed by atoms with Gasteiger partial charge in [0, 0.05) is 38.7 Å². The van der Waals surface area contributed by atoms with Gasteiger partial charge in [-0.15, -0.1) is 0 Å². The Hall–Kier alpha value is -2.48. The molecule has 27 heavy (non-hydrogen) atoms. The van der Waals surface area contributed by atoms with Gasteiger partial charge in [0.15, 0.2) is 0 Å². The first-order valence-electron chi connectivity index (χ1n) is 8.49. The number of carbonyl (C=O) groups excluding carboxylic acids is 1. The summed E-state index contributed by atoms with van der Waals surface area (Å²) in [5, 5.41) is 6.07. The monoisotopic (exact) mass is 396 g/mol. The molecule has 6 nitrogen and oxygen atoms in total. The fourth-order valence-corrected chi connectivity index (χ4v) is 3.38.